The van der Waals surface area contributed by atoms with Crippen molar-refractivity contribution in [3.63, 3.8) is 0 Å². The maximum Gasteiger partial charge on any atom is 0.416 e. The van der Waals surface area contributed by atoms with Crippen LogP contribution in [0.15, 0.2) is 4.99 Å². The first-order valence-corrected chi connectivity index (χ1v) is 7.51. The zero-order valence-corrected chi connectivity index (χ0v) is 13.1. The van der Waals surface area contributed by atoms with Gasteiger partial charge >= 0.3 is 6.18 Å². The van der Waals surface area contributed by atoms with Crippen LogP contribution in [-0.4, -0.2) is 55.7 Å². The Hall–Kier alpha value is -1.02. The number of alkyl halides is 3. The lowest BCUT2D eigenvalue weighted by Crippen LogP contribution is -2.71. The van der Waals surface area contributed by atoms with Crippen molar-refractivity contribution in [2.75, 3.05) is 20.2 Å². The first-order chi connectivity index (χ1) is 10.2. The highest BCUT2D eigenvalue weighted by molar-refractivity contribution is 5.80. The summed E-state index contributed by atoms with van der Waals surface area (Å²) in [4.78, 5) is 3.94. The number of hydrogen-bond donors (Lipinski definition) is 3. The number of rotatable bonds is 3. The van der Waals surface area contributed by atoms with Crippen molar-refractivity contribution in [2.24, 2.45) is 16.3 Å². The number of aliphatic hydroxyl groups excluding tert-OH is 1. The Balaban J connectivity index is 1.91. The molecule has 0 amide bonds. The SMILES string of the molecule is CN=C(NCC(O)C(F)(F)F)NC1C2CCCOC2C1(C)C. The van der Waals surface area contributed by atoms with Crippen LogP contribution >= 0.6 is 0 Å². The quantitative estimate of drug-likeness (QED) is 0.541. The van der Waals surface area contributed by atoms with Crippen LogP contribution in [0, 0.1) is 11.3 Å². The summed E-state index contributed by atoms with van der Waals surface area (Å²) in [5.41, 5.74) is -0.106. The summed E-state index contributed by atoms with van der Waals surface area (Å²) in [6.45, 7) is 4.30. The lowest BCUT2D eigenvalue weighted by atomic mass is 9.55. The summed E-state index contributed by atoms with van der Waals surface area (Å²) >= 11 is 0. The lowest BCUT2D eigenvalue weighted by Gasteiger charge is -2.60. The molecule has 8 heteroatoms. The van der Waals surface area contributed by atoms with E-state index in [-0.39, 0.29) is 23.5 Å². The van der Waals surface area contributed by atoms with Crippen LogP contribution in [0.25, 0.3) is 0 Å². The summed E-state index contributed by atoms with van der Waals surface area (Å²) < 4.78 is 42.8. The van der Waals surface area contributed by atoms with Gasteiger partial charge in [0.25, 0.3) is 0 Å². The fourth-order valence-electron chi connectivity index (χ4n) is 3.47. The van der Waals surface area contributed by atoms with Gasteiger partial charge in [0.2, 0.25) is 0 Å². The average Bonchev–Trinajstić information content (AvgIpc) is 2.46. The molecule has 1 heterocycles. The maximum absolute atomic E-state index is 12.3. The third kappa shape index (κ3) is 3.32. The summed E-state index contributed by atoms with van der Waals surface area (Å²) in [6.07, 6.45) is -4.84. The molecule has 0 aromatic carbocycles. The van der Waals surface area contributed by atoms with Gasteiger partial charge in [-0.3, -0.25) is 4.99 Å². The zero-order valence-electron chi connectivity index (χ0n) is 13.1. The number of halogens is 3. The molecule has 0 radical (unpaired) electrons. The Kier molecular flexibility index (Phi) is 4.91. The number of nitrogens with zero attached hydrogens (tertiary/aromatic N) is 1. The molecule has 4 unspecified atom stereocenters. The van der Waals surface area contributed by atoms with E-state index < -0.39 is 18.8 Å². The van der Waals surface area contributed by atoms with Crippen molar-refractivity contribution >= 4 is 5.96 Å². The van der Waals surface area contributed by atoms with Crippen molar-refractivity contribution in [3.05, 3.63) is 0 Å². The Morgan fingerprint density at radius 1 is 1.45 bits per heavy atom. The molecular weight excluding hydrogens is 299 g/mol. The van der Waals surface area contributed by atoms with E-state index in [1.807, 2.05) is 0 Å². The van der Waals surface area contributed by atoms with Gasteiger partial charge in [-0.05, 0) is 12.8 Å². The summed E-state index contributed by atoms with van der Waals surface area (Å²) in [5.74, 6) is 0.611. The fourth-order valence-corrected chi connectivity index (χ4v) is 3.47. The average molecular weight is 323 g/mol. The Morgan fingerprint density at radius 2 is 2.14 bits per heavy atom. The third-order valence-corrected chi connectivity index (χ3v) is 4.69. The van der Waals surface area contributed by atoms with Crippen molar-refractivity contribution in [1.29, 1.82) is 0 Å². The molecule has 3 N–H and O–H groups in total. The highest BCUT2D eigenvalue weighted by Gasteiger charge is 2.58. The van der Waals surface area contributed by atoms with Gasteiger partial charge in [0.15, 0.2) is 12.1 Å². The van der Waals surface area contributed by atoms with Gasteiger partial charge in [-0.1, -0.05) is 13.8 Å². The van der Waals surface area contributed by atoms with Crippen LogP contribution in [0.1, 0.15) is 26.7 Å². The minimum Gasteiger partial charge on any atom is -0.382 e. The molecule has 0 aromatic rings. The topological polar surface area (TPSA) is 65.9 Å². The molecule has 4 atom stereocenters. The number of nitrogens with one attached hydrogen (secondary N) is 2. The van der Waals surface area contributed by atoms with Crippen LogP contribution < -0.4 is 10.6 Å². The van der Waals surface area contributed by atoms with E-state index in [2.05, 4.69) is 29.5 Å². The maximum atomic E-state index is 12.3. The second-order valence-electron chi connectivity index (χ2n) is 6.55. The van der Waals surface area contributed by atoms with Crippen LogP contribution in [0.3, 0.4) is 0 Å². The number of hydrogen-bond acceptors (Lipinski definition) is 3. The molecule has 0 bridgehead atoms. The minimum atomic E-state index is -4.64. The molecule has 1 aliphatic heterocycles. The number of aliphatic imine (C=N–C) groups is 1. The Bertz CT molecular complexity index is 426. The Morgan fingerprint density at radius 3 is 2.73 bits per heavy atom. The van der Waals surface area contributed by atoms with Gasteiger partial charge in [0.05, 0.1) is 12.6 Å². The molecule has 2 aliphatic rings. The second-order valence-corrected chi connectivity index (χ2v) is 6.55. The van der Waals surface area contributed by atoms with E-state index in [0.717, 1.165) is 19.4 Å². The van der Waals surface area contributed by atoms with Crippen LogP contribution in [0.4, 0.5) is 13.2 Å². The zero-order chi connectivity index (χ0) is 16.5. The normalized spacial score (nSPS) is 32.7. The molecule has 0 spiro atoms. The summed E-state index contributed by atoms with van der Waals surface area (Å²) in [5, 5.41) is 14.8. The van der Waals surface area contributed by atoms with Crippen molar-refractivity contribution in [1.82, 2.24) is 10.6 Å². The molecule has 5 nitrogen and oxygen atoms in total. The monoisotopic (exact) mass is 323 g/mol. The largest absolute Gasteiger partial charge is 0.416 e. The third-order valence-electron chi connectivity index (χ3n) is 4.69. The molecule has 128 valence electrons. The standard InChI is InChI=1S/C14H24F3N3O2/c1-13(2)10(8-5-4-6-22-11(8)13)20-12(18-3)19-7-9(21)14(15,16)17/h8-11,21H,4-7H2,1-3H3,(H2,18,19,20). The molecule has 1 saturated carbocycles. The van der Waals surface area contributed by atoms with Gasteiger partial charge in [-0.15, -0.1) is 0 Å². The molecule has 1 saturated heterocycles. The first kappa shape index (κ1) is 17.3. The van der Waals surface area contributed by atoms with E-state index in [1.54, 1.807) is 0 Å². The van der Waals surface area contributed by atoms with Crippen LogP contribution in [0.2, 0.25) is 0 Å². The number of aliphatic hydroxyl groups is 1. The summed E-state index contributed by atoms with van der Waals surface area (Å²) in [6, 6.07) is 0.0898. The van der Waals surface area contributed by atoms with Gasteiger partial charge in [0.1, 0.15) is 0 Å². The van der Waals surface area contributed by atoms with Crippen molar-refractivity contribution in [2.45, 2.75) is 51.1 Å². The van der Waals surface area contributed by atoms with Gasteiger partial charge in [-0.25, -0.2) is 0 Å². The predicted octanol–water partition coefficient (Wildman–Crippen LogP) is 1.28. The highest BCUT2D eigenvalue weighted by atomic mass is 19.4. The van der Waals surface area contributed by atoms with Crippen LogP contribution in [-0.2, 0) is 4.74 Å². The number of ether oxygens (including phenoxy) is 1. The molecule has 2 fully saturated rings. The van der Waals surface area contributed by atoms with Crippen molar-refractivity contribution in [3.8, 4) is 0 Å². The van der Waals surface area contributed by atoms with E-state index in [4.69, 9.17) is 9.84 Å². The number of fused-ring (bicyclic) bond motifs is 1. The minimum absolute atomic E-state index is 0.0898. The highest BCUT2D eigenvalue weighted by Crippen LogP contribution is 2.51. The first-order valence-electron chi connectivity index (χ1n) is 7.51. The molecule has 1 aliphatic carbocycles. The van der Waals surface area contributed by atoms with E-state index in [0.29, 0.717) is 5.92 Å². The second kappa shape index (κ2) is 6.23. The fraction of sp³-hybridized carbons (Fsp3) is 0.929. The Labute approximate surface area is 128 Å². The summed E-state index contributed by atoms with van der Waals surface area (Å²) in [7, 11) is 1.50. The molecule has 22 heavy (non-hydrogen) atoms. The molecule has 2 rings (SSSR count). The van der Waals surface area contributed by atoms with Gasteiger partial charge in [-0.2, -0.15) is 13.2 Å². The van der Waals surface area contributed by atoms with Crippen LogP contribution in [0.5, 0.6) is 0 Å². The van der Waals surface area contributed by atoms with Crippen molar-refractivity contribution < 1.29 is 23.0 Å². The van der Waals surface area contributed by atoms with E-state index in [1.165, 1.54) is 7.05 Å². The number of guanidine groups is 1. The molecular formula is C14H24F3N3O2. The lowest BCUT2D eigenvalue weighted by molar-refractivity contribution is -0.201. The van der Waals surface area contributed by atoms with Gasteiger partial charge < -0.3 is 20.5 Å². The smallest absolute Gasteiger partial charge is 0.382 e. The predicted molar refractivity (Wildman–Crippen MR) is 76.6 cm³/mol. The van der Waals surface area contributed by atoms with Gasteiger partial charge in [0, 0.05) is 31.0 Å². The van der Waals surface area contributed by atoms with E-state index >= 15 is 0 Å². The molecule has 0 aromatic heterocycles. The van der Waals surface area contributed by atoms with E-state index in [9.17, 15) is 13.2 Å².